The molecule has 0 saturated heterocycles. The molecule has 1 heterocycles. The highest BCUT2D eigenvalue weighted by Crippen LogP contribution is 2.47. The molecule has 0 bridgehead atoms. The van der Waals surface area contributed by atoms with E-state index in [1.807, 2.05) is 12.1 Å². The molecule has 228 valence electrons. The fourth-order valence-corrected chi connectivity index (χ4v) is 7.93. The van der Waals surface area contributed by atoms with Crippen molar-refractivity contribution in [2.24, 2.45) is 0 Å². The summed E-state index contributed by atoms with van der Waals surface area (Å²) in [6.45, 7) is 0. The largest absolute Gasteiger partial charge is 0.455 e. The van der Waals surface area contributed by atoms with Crippen molar-refractivity contribution in [3.05, 3.63) is 182 Å². The molecule has 0 aliphatic heterocycles. The van der Waals surface area contributed by atoms with Crippen LogP contribution in [0.3, 0.4) is 0 Å². The molecule has 49 heavy (non-hydrogen) atoms. The second-order valence-corrected chi connectivity index (χ2v) is 12.8. The van der Waals surface area contributed by atoms with Crippen molar-refractivity contribution in [2.45, 2.75) is 0 Å². The van der Waals surface area contributed by atoms with Crippen LogP contribution >= 0.6 is 0 Å². The van der Waals surface area contributed by atoms with Gasteiger partial charge in [0.1, 0.15) is 11.2 Å². The van der Waals surface area contributed by atoms with Gasteiger partial charge in [-0.15, -0.1) is 0 Å². The fraction of sp³-hybridized carbons (Fsp3) is 0. The van der Waals surface area contributed by atoms with Crippen LogP contribution in [0.2, 0.25) is 0 Å². The average Bonchev–Trinajstić information content (AvgIpc) is 3.56. The van der Waals surface area contributed by atoms with Gasteiger partial charge in [-0.25, -0.2) is 0 Å². The number of rotatable bonds is 4. The Hall–Kier alpha value is -6.44. The zero-order valence-electron chi connectivity index (χ0n) is 26.7. The normalized spacial score (nSPS) is 11.7. The number of furan rings is 1. The van der Waals surface area contributed by atoms with Gasteiger partial charge in [-0.2, -0.15) is 0 Å². The Morgan fingerprint density at radius 1 is 0.265 bits per heavy atom. The van der Waals surface area contributed by atoms with E-state index >= 15 is 0 Å². The van der Waals surface area contributed by atoms with Crippen LogP contribution in [0.5, 0.6) is 0 Å². The highest BCUT2D eigenvalue weighted by molar-refractivity contribution is 6.24. The van der Waals surface area contributed by atoms with Gasteiger partial charge in [-0.1, -0.05) is 170 Å². The molecule has 0 unspecified atom stereocenters. The van der Waals surface area contributed by atoms with Crippen LogP contribution in [-0.4, -0.2) is 0 Å². The number of hydrogen-bond acceptors (Lipinski definition) is 1. The molecule has 0 spiro atoms. The monoisotopic (exact) mass is 622 g/mol. The molecule has 0 radical (unpaired) electrons. The molecule has 1 nitrogen and oxygen atoms in total. The molecule has 0 N–H and O–H groups in total. The quantitative estimate of drug-likeness (QED) is 0.178. The first kappa shape index (κ1) is 27.7. The third kappa shape index (κ3) is 4.33. The van der Waals surface area contributed by atoms with Crippen molar-refractivity contribution in [1.82, 2.24) is 0 Å². The number of benzene rings is 9. The maximum atomic E-state index is 6.46. The summed E-state index contributed by atoms with van der Waals surface area (Å²) < 4.78 is 6.46. The third-order valence-electron chi connectivity index (χ3n) is 10.1. The lowest BCUT2D eigenvalue weighted by Crippen LogP contribution is -1.92. The maximum Gasteiger partial charge on any atom is 0.143 e. The lowest BCUT2D eigenvalue weighted by Gasteiger charge is -2.20. The summed E-state index contributed by atoms with van der Waals surface area (Å²) in [5, 5.41) is 9.79. The molecule has 0 atom stereocenters. The minimum Gasteiger partial charge on any atom is -0.455 e. The summed E-state index contributed by atoms with van der Waals surface area (Å²) >= 11 is 0. The summed E-state index contributed by atoms with van der Waals surface area (Å²) in [4.78, 5) is 0. The van der Waals surface area contributed by atoms with Crippen LogP contribution in [0, 0.1) is 0 Å². The summed E-state index contributed by atoms with van der Waals surface area (Å²) in [5.41, 5.74) is 11.5. The Morgan fingerprint density at radius 3 is 1.47 bits per heavy atom. The van der Waals surface area contributed by atoms with E-state index in [-0.39, 0.29) is 0 Å². The van der Waals surface area contributed by atoms with Crippen molar-refractivity contribution < 1.29 is 4.42 Å². The minimum absolute atomic E-state index is 0.915. The van der Waals surface area contributed by atoms with Crippen molar-refractivity contribution in [2.75, 3.05) is 0 Å². The predicted molar refractivity (Wildman–Crippen MR) is 208 cm³/mol. The highest BCUT2D eigenvalue weighted by Gasteiger charge is 2.20. The second-order valence-electron chi connectivity index (χ2n) is 12.8. The van der Waals surface area contributed by atoms with E-state index in [0.29, 0.717) is 0 Å². The van der Waals surface area contributed by atoms with Gasteiger partial charge in [0.2, 0.25) is 0 Å². The summed E-state index contributed by atoms with van der Waals surface area (Å²) in [6, 6.07) is 65.7. The van der Waals surface area contributed by atoms with E-state index in [4.69, 9.17) is 4.42 Å². The summed E-state index contributed by atoms with van der Waals surface area (Å²) in [5.74, 6) is 0. The lowest BCUT2D eigenvalue weighted by molar-refractivity contribution is 0.670. The van der Waals surface area contributed by atoms with E-state index in [1.165, 1.54) is 65.7 Å². The van der Waals surface area contributed by atoms with Crippen LogP contribution in [0.4, 0.5) is 0 Å². The van der Waals surface area contributed by atoms with Gasteiger partial charge < -0.3 is 4.42 Å². The molecule has 0 fully saturated rings. The number of para-hydroxylation sites is 2. The Labute approximate surface area is 284 Å². The molecule has 0 aliphatic rings. The van der Waals surface area contributed by atoms with Gasteiger partial charge in [-0.3, -0.25) is 0 Å². The first-order chi connectivity index (χ1) is 24.3. The second kappa shape index (κ2) is 11.1. The molecular formula is C48H30O. The molecule has 9 aromatic carbocycles. The molecule has 0 amide bonds. The van der Waals surface area contributed by atoms with E-state index in [9.17, 15) is 0 Å². The molecule has 0 aliphatic carbocycles. The average molecular weight is 623 g/mol. The Balaban J connectivity index is 1.23. The minimum atomic E-state index is 0.915. The van der Waals surface area contributed by atoms with Gasteiger partial charge in [-0.05, 0) is 83.4 Å². The smallest absolute Gasteiger partial charge is 0.143 e. The van der Waals surface area contributed by atoms with Crippen LogP contribution in [0.15, 0.2) is 186 Å². The predicted octanol–water partition coefficient (Wildman–Crippen LogP) is 13.7. The van der Waals surface area contributed by atoms with Crippen molar-refractivity contribution in [3.63, 3.8) is 0 Å². The van der Waals surface area contributed by atoms with Crippen molar-refractivity contribution in [1.29, 1.82) is 0 Å². The molecular weight excluding hydrogens is 593 g/mol. The van der Waals surface area contributed by atoms with Gasteiger partial charge in [0.05, 0.1) is 0 Å². The van der Waals surface area contributed by atoms with Gasteiger partial charge in [0.25, 0.3) is 0 Å². The van der Waals surface area contributed by atoms with Crippen molar-refractivity contribution in [3.8, 4) is 44.5 Å². The highest BCUT2D eigenvalue weighted by atomic mass is 16.3. The van der Waals surface area contributed by atoms with Crippen LogP contribution in [0.1, 0.15) is 0 Å². The molecule has 10 rings (SSSR count). The fourth-order valence-electron chi connectivity index (χ4n) is 7.93. The molecule has 1 heteroatoms. The van der Waals surface area contributed by atoms with Gasteiger partial charge in [0.15, 0.2) is 0 Å². The molecule has 0 saturated carbocycles. The SMILES string of the molecule is c1ccc(-c2ccc(-c3c4ccccc4c(-c4cccc(-c5cccc6c5oc5ccccc56)c4)c4ccccc34)c3ccccc23)cc1. The third-order valence-corrected chi connectivity index (χ3v) is 10.1. The van der Waals surface area contributed by atoms with Gasteiger partial charge in [0, 0.05) is 16.3 Å². The molecule has 10 aromatic rings. The number of fused-ring (bicyclic) bond motifs is 6. The Kier molecular flexibility index (Phi) is 6.25. The Bertz CT molecular complexity index is 2820. The van der Waals surface area contributed by atoms with Crippen LogP contribution in [0.25, 0.3) is 98.8 Å². The van der Waals surface area contributed by atoms with E-state index in [0.717, 1.165) is 33.1 Å². The van der Waals surface area contributed by atoms with E-state index in [1.54, 1.807) is 0 Å². The zero-order chi connectivity index (χ0) is 32.3. The van der Waals surface area contributed by atoms with Crippen LogP contribution in [-0.2, 0) is 0 Å². The van der Waals surface area contributed by atoms with Gasteiger partial charge >= 0.3 is 0 Å². The number of hydrogen-bond donors (Lipinski definition) is 0. The lowest BCUT2D eigenvalue weighted by atomic mass is 9.83. The summed E-state index contributed by atoms with van der Waals surface area (Å²) in [6.07, 6.45) is 0. The van der Waals surface area contributed by atoms with E-state index < -0.39 is 0 Å². The van der Waals surface area contributed by atoms with E-state index in [2.05, 4.69) is 170 Å². The standard InChI is InChI=1S/C48H30O/c1-2-14-31(15-3-1)34-28-29-43(37-19-5-4-18-36(34)37)47-41-23-8-6-21-39(41)46(40-22-7-9-24-42(40)47)33-17-12-16-32(30-33)35-25-13-26-44-38-20-10-11-27-45(38)49-48(35)44/h1-30H. The first-order valence-electron chi connectivity index (χ1n) is 16.9. The summed E-state index contributed by atoms with van der Waals surface area (Å²) in [7, 11) is 0. The topological polar surface area (TPSA) is 13.1 Å². The van der Waals surface area contributed by atoms with Crippen molar-refractivity contribution >= 4 is 54.3 Å². The first-order valence-corrected chi connectivity index (χ1v) is 16.9. The zero-order valence-corrected chi connectivity index (χ0v) is 26.7. The molecule has 1 aromatic heterocycles. The van der Waals surface area contributed by atoms with Crippen LogP contribution < -0.4 is 0 Å². The Morgan fingerprint density at radius 2 is 0.755 bits per heavy atom. The maximum absolute atomic E-state index is 6.46.